The lowest BCUT2D eigenvalue weighted by Crippen LogP contribution is -2.15. The van der Waals surface area contributed by atoms with Gasteiger partial charge < -0.3 is 5.32 Å². The van der Waals surface area contributed by atoms with E-state index in [1.54, 1.807) is 23.7 Å². The standard InChI is InChI=1S/C22H18ClN3OS2/c1-13-8-9-16(23)10-17(13)26-18(27)11-28-21-20-19(15-6-4-3-5-7-15)14(2)29-22(20)25-12-24-21/h3-10,12H,11H2,1-2H3,(H,26,27). The van der Waals surface area contributed by atoms with Crippen LogP contribution in [0.5, 0.6) is 0 Å². The quantitative estimate of drug-likeness (QED) is 0.290. The number of carbonyl (C=O) groups is 1. The summed E-state index contributed by atoms with van der Waals surface area (Å²) < 4.78 is 0. The van der Waals surface area contributed by atoms with Crippen molar-refractivity contribution in [1.29, 1.82) is 0 Å². The molecule has 2 aromatic carbocycles. The Hall–Kier alpha value is -2.41. The number of halogens is 1. The molecule has 1 amide bonds. The number of anilines is 1. The molecule has 0 unspecified atom stereocenters. The van der Waals surface area contributed by atoms with Crippen LogP contribution in [0.3, 0.4) is 0 Å². The molecular formula is C22H18ClN3OS2. The van der Waals surface area contributed by atoms with Gasteiger partial charge in [-0.1, -0.05) is 59.8 Å². The van der Waals surface area contributed by atoms with Gasteiger partial charge in [-0.2, -0.15) is 0 Å². The minimum atomic E-state index is -0.0969. The summed E-state index contributed by atoms with van der Waals surface area (Å²) in [5.41, 5.74) is 3.97. The summed E-state index contributed by atoms with van der Waals surface area (Å²) in [7, 11) is 0. The molecule has 0 aliphatic heterocycles. The number of benzene rings is 2. The molecule has 7 heteroatoms. The minimum absolute atomic E-state index is 0.0969. The highest BCUT2D eigenvalue weighted by molar-refractivity contribution is 8.00. The van der Waals surface area contributed by atoms with E-state index in [2.05, 4.69) is 34.3 Å². The Morgan fingerprint density at radius 1 is 1.14 bits per heavy atom. The lowest BCUT2D eigenvalue weighted by Gasteiger charge is -2.09. The second-order valence-electron chi connectivity index (χ2n) is 6.55. The number of hydrogen-bond acceptors (Lipinski definition) is 5. The maximum atomic E-state index is 12.5. The van der Waals surface area contributed by atoms with Crippen molar-refractivity contribution in [1.82, 2.24) is 9.97 Å². The number of hydrogen-bond donors (Lipinski definition) is 1. The number of aromatic nitrogens is 2. The number of aryl methyl sites for hydroxylation is 2. The average molecular weight is 440 g/mol. The number of rotatable bonds is 5. The maximum Gasteiger partial charge on any atom is 0.234 e. The highest BCUT2D eigenvalue weighted by Crippen LogP contribution is 2.41. The van der Waals surface area contributed by atoms with E-state index in [9.17, 15) is 4.79 Å². The van der Waals surface area contributed by atoms with Crippen LogP contribution < -0.4 is 5.32 Å². The van der Waals surface area contributed by atoms with Gasteiger partial charge in [0.25, 0.3) is 0 Å². The third-order valence-corrected chi connectivity index (χ3v) is 6.74. The number of nitrogens with zero attached hydrogens (tertiary/aromatic N) is 2. The second-order valence-corrected chi connectivity index (χ2v) is 9.16. The number of nitrogens with one attached hydrogen (secondary N) is 1. The van der Waals surface area contributed by atoms with Gasteiger partial charge in [-0.3, -0.25) is 4.79 Å². The van der Waals surface area contributed by atoms with E-state index >= 15 is 0 Å². The summed E-state index contributed by atoms with van der Waals surface area (Å²) in [5, 5.41) is 5.36. The first kappa shape index (κ1) is 19.9. The monoisotopic (exact) mass is 439 g/mol. The molecule has 0 spiro atoms. The highest BCUT2D eigenvalue weighted by Gasteiger charge is 2.17. The van der Waals surface area contributed by atoms with Crippen LogP contribution in [0, 0.1) is 13.8 Å². The molecule has 4 aromatic rings. The van der Waals surface area contributed by atoms with Crippen molar-refractivity contribution in [2.45, 2.75) is 18.9 Å². The van der Waals surface area contributed by atoms with Gasteiger partial charge in [0, 0.05) is 21.2 Å². The number of fused-ring (bicyclic) bond motifs is 1. The fraction of sp³-hybridized carbons (Fsp3) is 0.136. The molecule has 2 heterocycles. The Kier molecular flexibility index (Phi) is 5.85. The number of carbonyl (C=O) groups excluding carboxylic acids is 1. The number of amides is 1. The van der Waals surface area contributed by atoms with E-state index in [0.717, 1.165) is 37.6 Å². The summed E-state index contributed by atoms with van der Waals surface area (Å²) >= 11 is 9.11. The van der Waals surface area contributed by atoms with E-state index in [-0.39, 0.29) is 11.7 Å². The molecule has 0 saturated heterocycles. The fourth-order valence-electron chi connectivity index (χ4n) is 3.13. The number of thioether (sulfide) groups is 1. The van der Waals surface area contributed by atoms with Gasteiger partial charge in [-0.05, 0) is 37.1 Å². The first-order valence-electron chi connectivity index (χ1n) is 9.01. The van der Waals surface area contributed by atoms with Gasteiger partial charge in [-0.15, -0.1) is 11.3 Å². The van der Waals surface area contributed by atoms with E-state index in [4.69, 9.17) is 11.6 Å². The molecular weight excluding hydrogens is 422 g/mol. The van der Waals surface area contributed by atoms with Crippen LogP contribution in [0.4, 0.5) is 5.69 Å². The molecule has 4 rings (SSSR count). The molecule has 0 bridgehead atoms. The van der Waals surface area contributed by atoms with Crippen molar-refractivity contribution in [2.24, 2.45) is 0 Å². The topological polar surface area (TPSA) is 54.9 Å². The molecule has 0 fully saturated rings. The molecule has 0 atom stereocenters. The Balaban J connectivity index is 1.60. The molecule has 4 nitrogen and oxygen atoms in total. The van der Waals surface area contributed by atoms with Gasteiger partial charge in [0.1, 0.15) is 16.2 Å². The lowest BCUT2D eigenvalue weighted by molar-refractivity contribution is -0.113. The Labute approximate surface area is 182 Å². The van der Waals surface area contributed by atoms with E-state index in [0.29, 0.717) is 5.02 Å². The summed E-state index contributed by atoms with van der Waals surface area (Å²) in [4.78, 5) is 23.6. The zero-order valence-corrected chi connectivity index (χ0v) is 18.3. The van der Waals surface area contributed by atoms with Gasteiger partial charge in [0.15, 0.2) is 0 Å². The molecule has 0 aliphatic rings. The first-order valence-corrected chi connectivity index (χ1v) is 11.2. The molecule has 1 N–H and O–H groups in total. The van der Waals surface area contributed by atoms with E-state index in [1.165, 1.54) is 16.6 Å². The summed E-state index contributed by atoms with van der Waals surface area (Å²) in [6.45, 7) is 4.03. The zero-order chi connectivity index (χ0) is 20.4. The predicted molar refractivity (Wildman–Crippen MR) is 123 cm³/mol. The second kappa shape index (κ2) is 8.53. The van der Waals surface area contributed by atoms with Crippen molar-refractivity contribution >= 4 is 56.5 Å². The first-order chi connectivity index (χ1) is 14.0. The predicted octanol–water partition coefficient (Wildman–Crippen LogP) is 6.36. The molecule has 0 aliphatic carbocycles. The Morgan fingerprint density at radius 2 is 1.93 bits per heavy atom. The van der Waals surface area contributed by atoms with E-state index in [1.807, 2.05) is 37.3 Å². The van der Waals surface area contributed by atoms with Crippen molar-refractivity contribution < 1.29 is 4.79 Å². The Morgan fingerprint density at radius 3 is 2.72 bits per heavy atom. The van der Waals surface area contributed by atoms with Crippen LogP contribution in [0.2, 0.25) is 5.02 Å². The summed E-state index contributed by atoms with van der Waals surface area (Å²) in [6, 6.07) is 15.7. The van der Waals surface area contributed by atoms with Gasteiger partial charge in [0.2, 0.25) is 5.91 Å². The van der Waals surface area contributed by atoms with Crippen molar-refractivity contribution in [3.05, 3.63) is 70.3 Å². The molecule has 2 aromatic heterocycles. The molecule has 0 saturated carbocycles. The van der Waals surface area contributed by atoms with Crippen molar-refractivity contribution in [2.75, 3.05) is 11.1 Å². The average Bonchev–Trinajstić information content (AvgIpc) is 3.06. The largest absolute Gasteiger partial charge is 0.325 e. The van der Waals surface area contributed by atoms with Crippen LogP contribution in [-0.2, 0) is 4.79 Å². The normalized spacial score (nSPS) is 11.0. The smallest absolute Gasteiger partial charge is 0.234 e. The summed E-state index contributed by atoms with van der Waals surface area (Å²) in [5.74, 6) is 0.154. The Bertz CT molecular complexity index is 1190. The third-order valence-electron chi connectivity index (χ3n) is 4.51. The van der Waals surface area contributed by atoms with E-state index < -0.39 is 0 Å². The van der Waals surface area contributed by atoms with Crippen LogP contribution in [0.25, 0.3) is 21.3 Å². The molecule has 146 valence electrons. The fourth-order valence-corrected chi connectivity index (χ4v) is 5.18. The van der Waals surface area contributed by atoms with Crippen molar-refractivity contribution in [3.8, 4) is 11.1 Å². The molecule has 0 radical (unpaired) electrons. The van der Waals surface area contributed by atoms with Crippen LogP contribution in [-0.4, -0.2) is 21.6 Å². The lowest BCUT2D eigenvalue weighted by atomic mass is 10.0. The zero-order valence-electron chi connectivity index (χ0n) is 15.9. The molecule has 29 heavy (non-hydrogen) atoms. The minimum Gasteiger partial charge on any atom is -0.325 e. The maximum absolute atomic E-state index is 12.5. The van der Waals surface area contributed by atoms with Crippen LogP contribution in [0.15, 0.2) is 59.9 Å². The van der Waals surface area contributed by atoms with Crippen LogP contribution in [0.1, 0.15) is 10.4 Å². The van der Waals surface area contributed by atoms with Crippen LogP contribution >= 0.6 is 34.7 Å². The third kappa shape index (κ3) is 4.29. The number of thiophene rings is 1. The summed E-state index contributed by atoms with van der Waals surface area (Å²) in [6.07, 6.45) is 1.56. The van der Waals surface area contributed by atoms with Crippen molar-refractivity contribution in [3.63, 3.8) is 0 Å². The van der Waals surface area contributed by atoms with Gasteiger partial charge >= 0.3 is 0 Å². The van der Waals surface area contributed by atoms with Gasteiger partial charge in [0.05, 0.1) is 11.1 Å². The highest BCUT2D eigenvalue weighted by atomic mass is 35.5. The van der Waals surface area contributed by atoms with Gasteiger partial charge in [-0.25, -0.2) is 9.97 Å². The SMILES string of the molecule is Cc1ccc(Cl)cc1NC(=O)CSc1ncnc2sc(C)c(-c3ccccc3)c12.